The van der Waals surface area contributed by atoms with Crippen molar-refractivity contribution in [2.75, 3.05) is 27.8 Å². The quantitative estimate of drug-likeness (QED) is 0.640. The Morgan fingerprint density at radius 3 is 2.68 bits per heavy atom. The minimum Gasteiger partial charge on any atom is -0.493 e. The number of ether oxygens (including phenoxy) is 3. The van der Waals surface area contributed by atoms with Gasteiger partial charge >= 0.3 is 5.97 Å². The second-order valence-electron chi connectivity index (χ2n) is 8.44. The summed E-state index contributed by atoms with van der Waals surface area (Å²) in [5, 5.41) is 0. The van der Waals surface area contributed by atoms with Gasteiger partial charge in [-0.05, 0) is 62.5 Å². The highest BCUT2D eigenvalue weighted by Gasteiger charge is 2.48. The molecular formula is C23H35NO4. The van der Waals surface area contributed by atoms with Crippen LogP contribution in [0.3, 0.4) is 0 Å². The molecule has 1 saturated heterocycles. The van der Waals surface area contributed by atoms with Crippen LogP contribution in [0.2, 0.25) is 0 Å². The van der Waals surface area contributed by atoms with Crippen molar-refractivity contribution in [1.82, 2.24) is 4.90 Å². The van der Waals surface area contributed by atoms with E-state index < -0.39 is 0 Å². The minimum atomic E-state index is -0.112. The Hall–Kier alpha value is -2.01. The Labute approximate surface area is 170 Å². The van der Waals surface area contributed by atoms with Crippen molar-refractivity contribution in [3.63, 3.8) is 0 Å². The van der Waals surface area contributed by atoms with Crippen LogP contribution < -0.4 is 9.47 Å². The second kappa shape index (κ2) is 8.56. The van der Waals surface area contributed by atoms with E-state index in [2.05, 4.69) is 44.0 Å². The molecule has 0 saturated carbocycles. The highest BCUT2D eigenvalue weighted by molar-refractivity contribution is 5.70. The van der Waals surface area contributed by atoms with Crippen LogP contribution >= 0.6 is 0 Å². The lowest BCUT2D eigenvalue weighted by Gasteiger charge is -2.40. The summed E-state index contributed by atoms with van der Waals surface area (Å²) in [5.74, 6) is 2.73. The Morgan fingerprint density at radius 1 is 1.25 bits per heavy atom. The Kier molecular flexibility index (Phi) is 6.33. The van der Waals surface area contributed by atoms with Gasteiger partial charge in [0.2, 0.25) is 0 Å². The normalized spacial score (nSPS) is 24.6. The van der Waals surface area contributed by atoms with E-state index in [0.29, 0.717) is 12.3 Å². The molecule has 0 N–H and O–H groups in total. The summed E-state index contributed by atoms with van der Waals surface area (Å²) in [6.07, 6.45) is 6.34. The van der Waals surface area contributed by atoms with Crippen LogP contribution in [-0.2, 0) is 14.9 Å². The number of methoxy groups -OCH3 is 2. The van der Waals surface area contributed by atoms with Crippen molar-refractivity contribution >= 4 is 5.97 Å². The van der Waals surface area contributed by atoms with Gasteiger partial charge < -0.3 is 14.2 Å². The molecule has 28 heavy (non-hydrogen) atoms. The molecular weight excluding hydrogens is 354 g/mol. The summed E-state index contributed by atoms with van der Waals surface area (Å²) in [4.78, 5) is 14.5. The van der Waals surface area contributed by atoms with E-state index in [1.165, 1.54) is 5.56 Å². The molecule has 1 aromatic rings. The topological polar surface area (TPSA) is 48.0 Å². The van der Waals surface area contributed by atoms with E-state index in [1.54, 1.807) is 14.2 Å². The third-order valence-corrected chi connectivity index (χ3v) is 6.24. The number of rotatable bonds is 7. The van der Waals surface area contributed by atoms with Crippen LogP contribution in [0, 0.1) is 5.92 Å². The molecule has 1 fully saturated rings. The van der Waals surface area contributed by atoms with Crippen molar-refractivity contribution in [2.45, 2.75) is 57.4 Å². The van der Waals surface area contributed by atoms with Gasteiger partial charge in [0.25, 0.3) is 0 Å². The highest BCUT2D eigenvalue weighted by Crippen LogP contribution is 2.49. The number of allylic oxidation sites excluding steroid dienone is 1. The van der Waals surface area contributed by atoms with Gasteiger partial charge in [-0.25, -0.2) is 0 Å². The summed E-state index contributed by atoms with van der Waals surface area (Å²) >= 11 is 0. The number of fused-ring (bicyclic) bond motifs is 1. The van der Waals surface area contributed by atoms with Crippen molar-refractivity contribution in [3.8, 4) is 11.5 Å². The molecule has 2 atom stereocenters. The van der Waals surface area contributed by atoms with E-state index in [4.69, 9.17) is 14.2 Å². The Balaban J connectivity index is 0.00000300. The predicted octanol–water partition coefficient (Wildman–Crippen LogP) is 4.55. The van der Waals surface area contributed by atoms with Gasteiger partial charge in [-0.15, -0.1) is 0 Å². The fourth-order valence-corrected chi connectivity index (χ4v) is 4.54. The first-order chi connectivity index (χ1) is 13.4. The zero-order valence-corrected chi connectivity index (χ0v) is 17.8. The van der Waals surface area contributed by atoms with Gasteiger partial charge in [0.1, 0.15) is 5.76 Å². The number of carbonyl (C=O) groups is 1. The summed E-state index contributed by atoms with van der Waals surface area (Å²) in [6, 6.07) is 6.47. The number of likely N-dealkylation sites (N-methyl/N-ethyl adjacent to an activating group) is 1. The minimum absolute atomic E-state index is 0. The lowest BCUT2D eigenvalue weighted by molar-refractivity contribution is -0.140. The molecule has 5 nitrogen and oxygen atoms in total. The molecule has 1 aromatic carbocycles. The van der Waals surface area contributed by atoms with Crippen LogP contribution in [0.1, 0.15) is 52.9 Å². The molecule has 156 valence electrons. The summed E-state index contributed by atoms with van der Waals surface area (Å²) in [7, 11) is 5.48. The van der Waals surface area contributed by atoms with Crippen LogP contribution in [-0.4, -0.2) is 44.7 Å². The highest BCUT2D eigenvalue weighted by atomic mass is 16.5. The first-order valence-electron chi connectivity index (χ1n) is 10.2. The zero-order chi connectivity index (χ0) is 20.3. The fourth-order valence-electron chi connectivity index (χ4n) is 4.54. The third kappa shape index (κ3) is 4.04. The number of esters is 1. The van der Waals surface area contributed by atoms with E-state index in [0.717, 1.165) is 49.5 Å². The summed E-state index contributed by atoms with van der Waals surface area (Å²) < 4.78 is 16.7. The average Bonchev–Trinajstić information content (AvgIpc) is 3.03. The molecule has 5 heteroatoms. The molecule has 2 aliphatic rings. The number of nitrogens with zero attached hydrogens (tertiary/aromatic N) is 1. The third-order valence-electron chi connectivity index (χ3n) is 6.24. The fraction of sp³-hybridized carbons (Fsp3) is 0.609. The van der Waals surface area contributed by atoms with Crippen molar-refractivity contribution in [3.05, 3.63) is 35.6 Å². The standard InChI is InChI=1S/C23H33NO4.H2/c1-16(2)6-9-22(25)28-18-10-11-23(12-13-24(3)21(23)15-18)17-7-8-19(26-4)20(14-17)27-5;/h7-8,14-16,21H,6,9-13H2,1-5H3;1H/t21-,23-;/m0./s1. The Bertz CT molecular complexity index is 748. The molecule has 1 aliphatic heterocycles. The molecule has 0 radical (unpaired) electrons. The zero-order valence-electron chi connectivity index (χ0n) is 17.8. The number of benzene rings is 1. The van der Waals surface area contributed by atoms with Crippen LogP contribution in [0.4, 0.5) is 0 Å². The number of carbonyl (C=O) groups excluding carboxylic acids is 1. The summed E-state index contributed by atoms with van der Waals surface area (Å²) in [6.45, 7) is 5.26. The maximum absolute atomic E-state index is 12.2. The molecule has 0 unspecified atom stereocenters. The van der Waals surface area contributed by atoms with Gasteiger partial charge in [0.05, 0.1) is 14.2 Å². The number of likely N-dealkylation sites (tertiary alicyclic amines) is 1. The summed E-state index contributed by atoms with van der Waals surface area (Å²) in [5.41, 5.74) is 1.28. The predicted molar refractivity (Wildman–Crippen MR) is 112 cm³/mol. The monoisotopic (exact) mass is 389 g/mol. The van der Waals surface area contributed by atoms with E-state index in [1.807, 2.05) is 6.07 Å². The van der Waals surface area contributed by atoms with E-state index in [9.17, 15) is 4.79 Å². The van der Waals surface area contributed by atoms with Gasteiger partial charge in [0, 0.05) is 25.7 Å². The molecule has 1 heterocycles. The van der Waals surface area contributed by atoms with Crippen molar-refractivity contribution in [2.24, 2.45) is 5.92 Å². The average molecular weight is 390 g/mol. The van der Waals surface area contributed by atoms with Crippen molar-refractivity contribution in [1.29, 1.82) is 0 Å². The van der Waals surface area contributed by atoms with Crippen molar-refractivity contribution < 1.29 is 20.4 Å². The maximum atomic E-state index is 12.2. The van der Waals surface area contributed by atoms with Crippen LogP contribution in [0.25, 0.3) is 0 Å². The van der Waals surface area contributed by atoms with Crippen LogP contribution in [0.5, 0.6) is 11.5 Å². The van der Waals surface area contributed by atoms with E-state index >= 15 is 0 Å². The Morgan fingerprint density at radius 2 is 2.00 bits per heavy atom. The number of hydrogen-bond acceptors (Lipinski definition) is 5. The molecule has 0 aromatic heterocycles. The molecule has 0 bridgehead atoms. The van der Waals surface area contributed by atoms with Gasteiger partial charge in [-0.2, -0.15) is 0 Å². The molecule has 0 spiro atoms. The molecule has 0 amide bonds. The lowest BCUT2D eigenvalue weighted by Crippen LogP contribution is -2.42. The van der Waals surface area contributed by atoms with Gasteiger partial charge in [0.15, 0.2) is 11.5 Å². The largest absolute Gasteiger partial charge is 0.493 e. The molecule has 1 aliphatic carbocycles. The second-order valence-corrected chi connectivity index (χ2v) is 8.44. The smallest absolute Gasteiger partial charge is 0.310 e. The van der Waals surface area contributed by atoms with Gasteiger partial charge in [-0.1, -0.05) is 19.9 Å². The molecule has 3 rings (SSSR count). The van der Waals surface area contributed by atoms with Gasteiger partial charge in [-0.3, -0.25) is 9.69 Å². The maximum Gasteiger partial charge on any atom is 0.310 e. The van der Waals surface area contributed by atoms with E-state index in [-0.39, 0.29) is 18.9 Å². The first kappa shape index (κ1) is 20.7. The van der Waals surface area contributed by atoms with Crippen LogP contribution in [0.15, 0.2) is 30.0 Å². The number of hydrogen-bond donors (Lipinski definition) is 0. The SMILES string of the molecule is COc1ccc([C@@]23CCC(OC(=O)CCC(C)C)=C[C@@H]2N(C)CC3)cc1OC.[HH]. The first-order valence-corrected chi connectivity index (χ1v) is 10.2. The lowest BCUT2D eigenvalue weighted by atomic mass is 9.68.